The van der Waals surface area contributed by atoms with Crippen molar-refractivity contribution in [3.8, 4) is 11.5 Å². The predicted octanol–water partition coefficient (Wildman–Crippen LogP) is 3.79. The monoisotopic (exact) mass is 461 g/mol. The van der Waals surface area contributed by atoms with Gasteiger partial charge in [0.1, 0.15) is 0 Å². The van der Waals surface area contributed by atoms with Gasteiger partial charge in [-0.1, -0.05) is 32.8 Å². The molecule has 25 heavy (non-hydrogen) atoms. The van der Waals surface area contributed by atoms with E-state index < -0.39 is 0 Å². The van der Waals surface area contributed by atoms with Crippen LogP contribution in [-0.4, -0.2) is 44.7 Å². The van der Waals surface area contributed by atoms with Crippen molar-refractivity contribution in [3.63, 3.8) is 0 Å². The first kappa shape index (κ1) is 21.9. The molecular formula is C19H32IN3O2. The van der Waals surface area contributed by atoms with Gasteiger partial charge in [0.05, 0.1) is 20.8 Å². The zero-order chi connectivity index (χ0) is 17.6. The average Bonchev–Trinajstić information content (AvgIpc) is 2.88. The predicted molar refractivity (Wildman–Crippen MR) is 115 cm³/mol. The third kappa shape index (κ3) is 5.94. The molecule has 0 saturated carbocycles. The lowest BCUT2D eigenvalue weighted by molar-refractivity contribution is 0.353. The molecular weight excluding hydrogens is 429 g/mol. The number of ether oxygens (including phenoxy) is 2. The Morgan fingerprint density at radius 1 is 1.08 bits per heavy atom. The number of nitrogens with two attached hydrogens (primary N) is 1. The van der Waals surface area contributed by atoms with Gasteiger partial charge in [-0.2, -0.15) is 0 Å². The van der Waals surface area contributed by atoms with Gasteiger partial charge in [-0.15, -0.1) is 24.0 Å². The standard InChI is InChI=1S/C19H31N3O2.HI/c1-19(2,15-9-10-16(23-3)17(13-15)24-4)14-21-18(20)22-11-7-5-6-8-12-22;/h9-10,13H,5-8,11-12,14H2,1-4H3,(H2,20,21);1H. The quantitative estimate of drug-likeness (QED) is 0.412. The zero-order valence-corrected chi connectivity index (χ0v) is 18.2. The minimum absolute atomic E-state index is 0. The molecule has 2 N–H and O–H groups in total. The maximum atomic E-state index is 6.24. The Bertz CT molecular complexity index is 568. The van der Waals surface area contributed by atoms with Crippen LogP contribution in [0, 0.1) is 0 Å². The largest absolute Gasteiger partial charge is 0.493 e. The fraction of sp³-hybridized carbons (Fsp3) is 0.632. The topological polar surface area (TPSA) is 60.1 Å². The third-order valence-corrected chi connectivity index (χ3v) is 4.73. The van der Waals surface area contributed by atoms with Crippen molar-refractivity contribution in [1.29, 1.82) is 0 Å². The van der Waals surface area contributed by atoms with Gasteiger partial charge >= 0.3 is 0 Å². The molecule has 1 aliphatic heterocycles. The molecule has 0 atom stereocenters. The van der Waals surface area contributed by atoms with Crippen molar-refractivity contribution in [3.05, 3.63) is 23.8 Å². The van der Waals surface area contributed by atoms with E-state index in [9.17, 15) is 0 Å². The fourth-order valence-electron chi connectivity index (χ4n) is 3.03. The lowest BCUT2D eigenvalue weighted by Crippen LogP contribution is -2.39. The summed E-state index contributed by atoms with van der Waals surface area (Å²) in [4.78, 5) is 6.90. The maximum absolute atomic E-state index is 6.24. The lowest BCUT2D eigenvalue weighted by Gasteiger charge is -2.26. The van der Waals surface area contributed by atoms with E-state index >= 15 is 0 Å². The first-order valence-electron chi connectivity index (χ1n) is 8.75. The molecule has 6 heteroatoms. The van der Waals surface area contributed by atoms with Crippen molar-refractivity contribution in [2.75, 3.05) is 33.9 Å². The summed E-state index contributed by atoms with van der Waals surface area (Å²) in [7, 11) is 3.30. The number of aliphatic imine (C=N–C) groups is 1. The van der Waals surface area contributed by atoms with E-state index in [0.29, 0.717) is 12.5 Å². The van der Waals surface area contributed by atoms with E-state index in [1.807, 2.05) is 12.1 Å². The molecule has 1 heterocycles. The second-order valence-electron chi connectivity index (χ2n) is 7.03. The summed E-state index contributed by atoms with van der Waals surface area (Å²) in [6.45, 7) is 7.03. The SMILES string of the molecule is COc1ccc(C(C)(C)CN=C(N)N2CCCCCC2)cc1OC.I. The van der Waals surface area contributed by atoms with E-state index in [0.717, 1.165) is 30.2 Å². The average molecular weight is 461 g/mol. The van der Waals surface area contributed by atoms with E-state index in [1.54, 1.807) is 14.2 Å². The van der Waals surface area contributed by atoms with Crippen molar-refractivity contribution >= 4 is 29.9 Å². The number of rotatable bonds is 5. The molecule has 2 rings (SSSR count). The first-order chi connectivity index (χ1) is 11.5. The summed E-state index contributed by atoms with van der Waals surface area (Å²) < 4.78 is 10.7. The molecule has 1 fully saturated rings. The number of benzene rings is 1. The van der Waals surface area contributed by atoms with Crippen LogP contribution in [0.1, 0.15) is 45.1 Å². The molecule has 0 amide bonds. The van der Waals surface area contributed by atoms with Crippen LogP contribution in [0.4, 0.5) is 0 Å². The van der Waals surface area contributed by atoms with E-state index in [1.165, 1.54) is 25.7 Å². The Morgan fingerprint density at radius 3 is 2.24 bits per heavy atom. The van der Waals surface area contributed by atoms with Crippen molar-refractivity contribution in [1.82, 2.24) is 4.90 Å². The smallest absolute Gasteiger partial charge is 0.191 e. The van der Waals surface area contributed by atoms with Crippen LogP contribution in [0.25, 0.3) is 0 Å². The Morgan fingerprint density at radius 2 is 1.68 bits per heavy atom. The van der Waals surface area contributed by atoms with Gasteiger partial charge < -0.3 is 20.1 Å². The van der Waals surface area contributed by atoms with Crippen LogP contribution in [-0.2, 0) is 5.41 Å². The Labute approximate surface area is 169 Å². The van der Waals surface area contributed by atoms with Crippen molar-refractivity contribution < 1.29 is 9.47 Å². The minimum Gasteiger partial charge on any atom is -0.493 e. The normalized spacial score (nSPS) is 16.0. The number of nitrogens with zero attached hydrogens (tertiary/aromatic N) is 2. The van der Waals surface area contributed by atoms with Crippen LogP contribution >= 0.6 is 24.0 Å². The van der Waals surface area contributed by atoms with E-state index in [4.69, 9.17) is 15.2 Å². The summed E-state index contributed by atoms with van der Waals surface area (Å²) in [6, 6.07) is 6.03. The number of hydrogen-bond acceptors (Lipinski definition) is 3. The highest BCUT2D eigenvalue weighted by Crippen LogP contribution is 2.33. The number of likely N-dealkylation sites (tertiary alicyclic amines) is 1. The van der Waals surface area contributed by atoms with Gasteiger partial charge in [-0.25, -0.2) is 0 Å². The molecule has 0 radical (unpaired) electrons. The molecule has 1 aromatic rings. The molecule has 0 aromatic heterocycles. The molecule has 1 aromatic carbocycles. The van der Waals surface area contributed by atoms with Crippen LogP contribution in [0.15, 0.2) is 23.2 Å². The number of guanidine groups is 1. The van der Waals surface area contributed by atoms with E-state index in [2.05, 4.69) is 29.8 Å². The summed E-state index contributed by atoms with van der Waals surface area (Å²) >= 11 is 0. The van der Waals surface area contributed by atoms with Gasteiger partial charge in [-0.05, 0) is 30.5 Å². The van der Waals surface area contributed by atoms with Gasteiger partial charge in [-0.3, -0.25) is 4.99 Å². The third-order valence-electron chi connectivity index (χ3n) is 4.73. The highest BCUT2D eigenvalue weighted by molar-refractivity contribution is 14.0. The Hall–Kier alpha value is -1.18. The van der Waals surface area contributed by atoms with Crippen LogP contribution in [0.5, 0.6) is 11.5 Å². The second kappa shape index (κ2) is 10.1. The summed E-state index contributed by atoms with van der Waals surface area (Å²) in [5.41, 5.74) is 7.27. The number of halogens is 1. The molecule has 5 nitrogen and oxygen atoms in total. The van der Waals surface area contributed by atoms with Gasteiger partial charge in [0.15, 0.2) is 17.5 Å². The van der Waals surface area contributed by atoms with E-state index in [-0.39, 0.29) is 29.4 Å². The van der Waals surface area contributed by atoms with Crippen LogP contribution in [0.2, 0.25) is 0 Å². The van der Waals surface area contributed by atoms with Gasteiger partial charge in [0.2, 0.25) is 0 Å². The lowest BCUT2D eigenvalue weighted by atomic mass is 9.84. The molecule has 0 spiro atoms. The molecule has 0 bridgehead atoms. The second-order valence-corrected chi connectivity index (χ2v) is 7.03. The van der Waals surface area contributed by atoms with Gasteiger partial charge in [0.25, 0.3) is 0 Å². The minimum atomic E-state index is -0.129. The Kier molecular flexibility index (Phi) is 8.82. The molecule has 1 saturated heterocycles. The first-order valence-corrected chi connectivity index (χ1v) is 8.75. The Balaban J connectivity index is 0.00000312. The maximum Gasteiger partial charge on any atom is 0.191 e. The number of methoxy groups -OCH3 is 2. The van der Waals surface area contributed by atoms with Gasteiger partial charge in [0, 0.05) is 18.5 Å². The molecule has 0 aliphatic carbocycles. The summed E-state index contributed by atoms with van der Waals surface area (Å²) in [5.74, 6) is 2.16. The summed E-state index contributed by atoms with van der Waals surface area (Å²) in [5, 5.41) is 0. The molecule has 142 valence electrons. The molecule has 1 aliphatic rings. The fourth-order valence-corrected chi connectivity index (χ4v) is 3.03. The number of hydrogen-bond donors (Lipinski definition) is 1. The van der Waals surface area contributed by atoms with Crippen molar-refractivity contribution in [2.24, 2.45) is 10.7 Å². The van der Waals surface area contributed by atoms with Crippen LogP contribution in [0.3, 0.4) is 0 Å². The van der Waals surface area contributed by atoms with Crippen molar-refractivity contribution in [2.45, 2.75) is 44.9 Å². The van der Waals surface area contributed by atoms with Crippen LogP contribution < -0.4 is 15.2 Å². The zero-order valence-electron chi connectivity index (χ0n) is 15.9. The highest BCUT2D eigenvalue weighted by Gasteiger charge is 2.23. The molecule has 0 unspecified atom stereocenters. The highest BCUT2D eigenvalue weighted by atomic mass is 127. The summed E-state index contributed by atoms with van der Waals surface area (Å²) in [6.07, 6.45) is 4.99.